The number of nitrogens with one attached hydrogen (secondary N) is 1. The average molecular weight is 431 g/mol. The number of fused-ring (bicyclic) bond motifs is 1. The summed E-state index contributed by atoms with van der Waals surface area (Å²) in [4.78, 5) is 0. The van der Waals surface area contributed by atoms with Crippen molar-refractivity contribution in [2.75, 3.05) is 0 Å². The van der Waals surface area contributed by atoms with Crippen LogP contribution in [-0.2, 0) is 12.7 Å². The molecule has 1 N–H and O–H groups in total. The average Bonchev–Trinajstić information content (AvgIpc) is 2.65. The lowest BCUT2D eigenvalue weighted by molar-refractivity contribution is -0.135. The van der Waals surface area contributed by atoms with Gasteiger partial charge in [-0.15, -0.1) is 0 Å². The molecule has 0 amide bonds. The highest BCUT2D eigenvalue weighted by molar-refractivity contribution is 6.38. The lowest BCUT2D eigenvalue weighted by atomic mass is 9.57. The highest BCUT2D eigenvalue weighted by Gasteiger charge is 2.27. The molecule has 31 heavy (non-hydrogen) atoms. The predicted molar refractivity (Wildman–Crippen MR) is 128 cm³/mol. The Balaban J connectivity index is 1.89. The van der Waals surface area contributed by atoms with Gasteiger partial charge in [0, 0.05) is 18.1 Å². The summed E-state index contributed by atoms with van der Waals surface area (Å²) in [5.41, 5.74) is 7.26. The molecular weight excluding hydrogens is 394 g/mol. The van der Waals surface area contributed by atoms with Crippen LogP contribution in [0.2, 0.25) is 0 Å². The third-order valence-electron chi connectivity index (χ3n) is 6.23. The second-order valence-electron chi connectivity index (χ2n) is 9.91. The fourth-order valence-corrected chi connectivity index (χ4v) is 4.15. The quantitative estimate of drug-likeness (QED) is 0.307. The summed E-state index contributed by atoms with van der Waals surface area (Å²) >= 11 is 0. The van der Waals surface area contributed by atoms with E-state index in [0.717, 1.165) is 39.3 Å². The molecular formula is C26H37BF3N. The fourth-order valence-electron chi connectivity index (χ4n) is 4.15. The van der Waals surface area contributed by atoms with E-state index in [0.29, 0.717) is 12.1 Å². The number of rotatable bonds is 10. The minimum atomic E-state index is -4.09. The minimum absolute atomic E-state index is 0.0875. The molecule has 1 heterocycles. The van der Waals surface area contributed by atoms with E-state index in [1.54, 1.807) is 0 Å². The van der Waals surface area contributed by atoms with Crippen LogP contribution in [0, 0.1) is 5.41 Å². The van der Waals surface area contributed by atoms with Gasteiger partial charge in [0.15, 0.2) is 7.28 Å². The summed E-state index contributed by atoms with van der Waals surface area (Å²) in [7, 11) is 0.955. The van der Waals surface area contributed by atoms with Crippen LogP contribution in [0.3, 0.4) is 0 Å². The third-order valence-corrected chi connectivity index (χ3v) is 6.23. The van der Waals surface area contributed by atoms with Gasteiger partial charge in [-0.1, -0.05) is 64.3 Å². The summed E-state index contributed by atoms with van der Waals surface area (Å²) in [5, 5.41) is 3.36. The van der Waals surface area contributed by atoms with Gasteiger partial charge < -0.3 is 5.32 Å². The first-order valence-electron chi connectivity index (χ1n) is 11.3. The molecule has 0 bridgehead atoms. The molecule has 0 spiro atoms. The summed E-state index contributed by atoms with van der Waals surface area (Å²) < 4.78 is 37.0. The van der Waals surface area contributed by atoms with Gasteiger partial charge >= 0.3 is 6.18 Å². The van der Waals surface area contributed by atoms with Crippen LogP contribution in [0.5, 0.6) is 0 Å². The summed E-state index contributed by atoms with van der Waals surface area (Å²) in [6, 6.07) is 6.42. The maximum Gasteiger partial charge on any atom is 0.389 e. The molecule has 1 aliphatic rings. The van der Waals surface area contributed by atoms with Crippen molar-refractivity contribution >= 4 is 12.9 Å². The van der Waals surface area contributed by atoms with E-state index in [1.165, 1.54) is 27.8 Å². The van der Waals surface area contributed by atoms with E-state index in [-0.39, 0.29) is 17.8 Å². The normalized spacial score (nSPS) is 16.3. The van der Waals surface area contributed by atoms with Crippen LogP contribution in [0.15, 0.2) is 49.2 Å². The van der Waals surface area contributed by atoms with Crippen LogP contribution >= 0.6 is 0 Å². The van der Waals surface area contributed by atoms with Crippen molar-refractivity contribution in [1.82, 2.24) is 5.32 Å². The first-order valence-corrected chi connectivity index (χ1v) is 11.3. The molecule has 1 aromatic carbocycles. The van der Waals surface area contributed by atoms with E-state index in [1.807, 2.05) is 0 Å². The van der Waals surface area contributed by atoms with Crippen LogP contribution in [0.25, 0.3) is 5.57 Å². The van der Waals surface area contributed by atoms with Crippen LogP contribution < -0.4 is 5.32 Å². The zero-order chi connectivity index (χ0) is 23.2. The number of allylic oxidation sites excluding steroid dienone is 3. The Kier molecular flexibility index (Phi) is 8.68. The predicted octanol–water partition coefficient (Wildman–Crippen LogP) is 7.13. The van der Waals surface area contributed by atoms with Crippen molar-refractivity contribution in [2.24, 2.45) is 5.41 Å². The van der Waals surface area contributed by atoms with E-state index in [2.05, 4.69) is 64.0 Å². The molecule has 0 radical (unpaired) electrons. The molecule has 1 aromatic rings. The van der Waals surface area contributed by atoms with Crippen molar-refractivity contribution in [3.05, 3.63) is 65.9 Å². The highest BCUT2D eigenvalue weighted by Crippen LogP contribution is 2.32. The Labute approximate surface area is 187 Å². The highest BCUT2D eigenvalue weighted by atomic mass is 19.4. The number of benzene rings is 1. The Bertz CT molecular complexity index is 802. The van der Waals surface area contributed by atoms with Crippen molar-refractivity contribution in [2.45, 2.75) is 84.2 Å². The van der Waals surface area contributed by atoms with Crippen LogP contribution in [-0.4, -0.2) is 19.4 Å². The van der Waals surface area contributed by atoms with Gasteiger partial charge in [0.05, 0.1) is 0 Å². The summed E-state index contributed by atoms with van der Waals surface area (Å²) in [5.74, 6) is 0.226. The van der Waals surface area contributed by atoms with Gasteiger partial charge in [0.25, 0.3) is 0 Å². The second-order valence-corrected chi connectivity index (χ2v) is 9.91. The topological polar surface area (TPSA) is 12.0 Å². The van der Waals surface area contributed by atoms with Gasteiger partial charge in [-0.3, -0.25) is 0 Å². The lowest BCUT2D eigenvalue weighted by Crippen LogP contribution is -2.40. The first-order chi connectivity index (χ1) is 14.4. The minimum Gasteiger partial charge on any atom is -0.393 e. The molecule has 0 fully saturated rings. The summed E-state index contributed by atoms with van der Waals surface area (Å²) in [6.07, 6.45) is 0.453. The first kappa shape index (κ1) is 25.4. The Morgan fingerprint density at radius 3 is 2.42 bits per heavy atom. The van der Waals surface area contributed by atoms with Crippen molar-refractivity contribution in [1.29, 1.82) is 0 Å². The van der Waals surface area contributed by atoms with Crippen molar-refractivity contribution in [3.8, 4) is 0 Å². The smallest absolute Gasteiger partial charge is 0.389 e. The van der Waals surface area contributed by atoms with Gasteiger partial charge in [0.1, 0.15) is 0 Å². The number of alkyl halides is 3. The number of hydrogen-bond acceptors (Lipinski definition) is 1. The standard InChI is InChI=1S/C26H37BF3N/c1-18(10-7-11-19(2)25(4,5)6)22-14-8-13-21-16-24(27-17-23(21)22)31-20(3)12-9-15-26(28,29)30/h8,13-14,24,27,31H,1-3,7,9-12,15-17H2,4-6H3. The maximum atomic E-state index is 12.3. The summed E-state index contributed by atoms with van der Waals surface area (Å²) in [6.45, 7) is 19.1. The molecule has 1 nitrogen and oxygen atoms in total. The van der Waals surface area contributed by atoms with Crippen LogP contribution in [0.4, 0.5) is 13.2 Å². The molecule has 5 heteroatoms. The molecule has 0 saturated carbocycles. The molecule has 170 valence electrons. The molecule has 0 aliphatic carbocycles. The number of halogens is 3. The molecule has 1 aliphatic heterocycles. The van der Waals surface area contributed by atoms with Gasteiger partial charge in [-0.2, -0.15) is 13.2 Å². The lowest BCUT2D eigenvalue weighted by Gasteiger charge is -2.28. The van der Waals surface area contributed by atoms with E-state index >= 15 is 0 Å². The van der Waals surface area contributed by atoms with Gasteiger partial charge in [-0.25, -0.2) is 0 Å². The molecule has 1 unspecified atom stereocenters. The zero-order valence-electron chi connectivity index (χ0n) is 19.4. The second kappa shape index (κ2) is 10.6. The van der Waals surface area contributed by atoms with E-state index in [4.69, 9.17) is 0 Å². The molecule has 2 rings (SSSR count). The van der Waals surface area contributed by atoms with Gasteiger partial charge in [-0.05, 0) is 72.5 Å². The Hall–Kier alpha value is -1.91. The van der Waals surface area contributed by atoms with Crippen LogP contribution in [0.1, 0.15) is 76.0 Å². The monoisotopic (exact) mass is 431 g/mol. The molecule has 0 saturated heterocycles. The van der Waals surface area contributed by atoms with Crippen molar-refractivity contribution < 1.29 is 13.2 Å². The molecule has 0 aromatic heterocycles. The zero-order valence-corrected chi connectivity index (χ0v) is 19.4. The van der Waals surface area contributed by atoms with E-state index < -0.39 is 12.6 Å². The fraction of sp³-hybridized carbons (Fsp3) is 0.538. The Morgan fingerprint density at radius 1 is 1.06 bits per heavy atom. The van der Waals surface area contributed by atoms with Crippen molar-refractivity contribution in [3.63, 3.8) is 0 Å². The largest absolute Gasteiger partial charge is 0.393 e. The number of hydrogen-bond donors (Lipinski definition) is 1. The molecule has 1 atom stereocenters. The van der Waals surface area contributed by atoms with Gasteiger partial charge in [0.2, 0.25) is 0 Å². The maximum absolute atomic E-state index is 12.3. The SMILES string of the molecule is C=C(CCCC(F)(F)F)NC1BCc2c(cccc2C(=C)CCCC(=C)C(C)(C)C)C1. The van der Waals surface area contributed by atoms with E-state index in [9.17, 15) is 13.2 Å². The Morgan fingerprint density at radius 2 is 1.77 bits per heavy atom. The third kappa shape index (κ3) is 8.27.